The molecule has 0 bridgehead atoms. The zero-order chi connectivity index (χ0) is 16.9. The van der Waals surface area contributed by atoms with Gasteiger partial charge in [0.05, 0.1) is 0 Å². The number of amides is 1. The van der Waals surface area contributed by atoms with Gasteiger partial charge in [0.1, 0.15) is 11.6 Å². The van der Waals surface area contributed by atoms with E-state index in [0.29, 0.717) is 23.2 Å². The maximum absolute atomic E-state index is 12.8. The lowest BCUT2D eigenvalue weighted by Crippen LogP contribution is -2.20. The molecule has 7 heteroatoms. The quantitative estimate of drug-likeness (QED) is 0.778. The monoisotopic (exact) mass is 327 g/mol. The van der Waals surface area contributed by atoms with E-state index < -0.39 is 0 Å². The van der Waals surface area contributed by atoms with Crippen LogP contribution >= 0.6 is 0 Å². The summed E-state index contributed by atoms with van der Waals surface area (Å²) >= 11 is 0. The largest absolute Gasteiger partial charge is 0.484 e. The maximum Gasteiger partial charge on any atom is 0.262 e. The highest BCUT2D eigenvalue weighted by molar-refractivity contribution is 5.92. The smallest absolute Gasteiger partial charge is 0.262 e. The summed E-state index contributed by atoms with van der Waals surface area (Å²) in [4.78, 5) is 11.9. The highest BCUT2D eigenvalue weighted by Gasteiger charge is 2.07. The first-order chi connectivity index (χ1) is 11.6. The summed E-state index contributed by atoms with van der Waals surface area (Å²) in [6, 6.07) is 12.5. The van der Waals surface area contributed by atoms with Gasteiger partial charge in [-0.1, -0.05) is 0 Å². The van der Waals surface area contributed by atoms with Crippen LogP contribution in [0.25, 0.3) is 11.5 Å². The number of aryl methyl sites for hydroxylation is 1. The van der Waals surface area contributed by atoms with Gasteiger partial charge in [-0.2, -0.15) is 0 Å². The fraction of sp³-hybridized carbons (Fsp3) is 0.118. The van der Waals surface area contributed by atoms with Gasteiger partial charge in [-0.15, -0.1) is 10.2 Å². The lowest BCUT2D eigenvalue weighted by Gasteiger charge is -2.07. The molecule has 0 aliphatic heterocycles. The van der Waals surface area contributed by atoms with Crippen LogP contribution in [-0.4, -0.2) is 22.7 Å². The average Bonchev–Trinajstić information content (AvgIpc) is 3.01. The van der Waals surface area contributed by atoms with Gasteiger partial charge in [-0.05, 0) is 48.5 Å². The van der Waals surface area contributed by atoms with Gasteiger partial charge >= 0.3 is 0 Å². The Balaban J connectivity index is 1.55. The first-order valence-corrected chi connectivity index (χ1v) is 7.19. The van der Waals surface area contributed by atoms with Crippen LogP contribution in [0.2, 0.25) is 0 Å². The molecule has 1 heterocycles. The molecule has 0 aliphatic carbocycles. The Bertz CT molecular complexity index is 829. The molecule has 6 nitrogen and oxygen atoms in total. The predicted octanol–water partition coefficient (Wildman–Crippen LogP) is 3.20. The second-order valence-corrected chi connectivity index (χ2v) is 4.99. The van der Waals surface area contributed by atoms with Crippen LogP contribution < -0.4 is 10.1 Å². The van der Waals surface area contributed by atoms with Crippen molar-refractivity contribution in [1.29, 1.82) is 0 Å². The van der Waals surface area contributed by atoms with Gasteiger partial charge < -0.3 is 14.5 Å². The van der Waals surface area contributed by atoms with Gasteiger partial charge in [0.25, 0.3) is 5.91 Å². The number of hydrogen-bond acceptors (Lipinski definition) is 5. The van der Waals surface area contributed by atoms with E-state index in [-0.39, 0.29) is 18.3 Å². The summed E-state index contributed by atoms with van der Waals surface area (Å²) in [6.45, 7) is 1.54. The van der Waals surface area contributed by atoms with E-state index in [1.54, 1.807) is 31.2 Å². The standard InChI is InChI=1S/C17H14FN3O3/c1-11-20-21-17(24-11)12-2-6-14(7-3-12)19-16(22)10-23-15-8-4-13(18)5-9-15/h2-9H,10H2,1H3,(H,19,22). The number of carbonyl (C=O) groups is 1. The third kappa shape index (κ3) is 3.95. The van der Waals surface area contributed by atoms with Crippen molar-refractivity contribution in [1.82, 2.24) is 10.2 Å². The molecule has 2 aromatic carbocycles. The number of anilines is 1. The topological polar surface area (TPSA) is 77.2 Å². The van der Waals surface area contributed by atoms with Gasteiger partial charge in [0.2, 0.25) is 11.8 Å². The van der Waals surface area contributed by atoms with Crippen molar-refractivity contribution in [2.45, 2.75) is 6.92 Å². The van der Waals surface area contributed by atoms with Gasteiger partial charge in [-0.25, -0.2) is 4.39 Å². The van der Waals surface area contributed by atoms with E-state index in [2.05, 4.69) is 15.5 Å². The number of carbonyl (C=O) groups excluding carboxylic acids is 1. The van der Waals surface area contributed by atoms with E-state index in [9.17, 15) is 9.18 Å². The fourth-order valence-corrected chi connectivity index (χ4v) is 1.99. The maximum atomic E-state index is 12.8. The molecular formula is C17H14FN3O3. The van der Waals surface area contributed by atoms with Crippen molar-refractivity contribution < 1.29 is 18.3 Å². The summed E-state index contributed by atoms with van der Waals surface area (Å²) in [6.07, 6.45) is 0. The lowest BCUT2D eigenvalue weighted by atomic mass is 10.2. The zero-order valence-corrected chi connectivity index (χ0v) is 12.8. The van der Waals surface area contributed by atoms with Crippen LogP contribution in [0.15, 0.2) is 52.9 Å². The van der Waals surface area contributed by atoms with E-state index in [0.717, 1.165) is 5.56 Å². The van der Waals surface area contributed by atoms with Gasteiger partial charge in [0, 0.05) is 18.2 Å². The van der Waals surface area contributed by atoms with Crippen molar-refractivity contribution >= 4 is 11.6 Å². The molecule has 0 aliphatic rings. The van der Waals surface area contributed by atoms with Crippen LogP contribution in [0.1, 0.15) is 5.89 Å². The number of nitrogens with one attached hydrogen (secondary N) is 1. The van der Waals surface area contributed by atoms with Crippen molar-refractivity contribution in [2.24, 2.45) is 0 Å². The summed E-state index contributed by atoms with van der Waals surface area (Å²) in [5.41, 5.74) is 1.37. The molecule has 3 aromatic rings. The van der Waals surface area contributed by atoms with Gasteiger partial charge in [0.15, 0.2) is 6.61 Å². The third-order valence-corrected chi connectivity index (χ3v) is 3.13. The molecule has 24 heavy (non-hydrogen) atoms. The van der Waals surface area contributed by atoms with E-state index >= 15 is 0 Å². The van der Waals surface area contributed by atoms with E-state index in [1.165, 1.54) is 24.3 Å². The van der Waals surface area contributed by atoms with E-state index in [1.807, 2.05) is 0 Å². The molecule has 122 valence electrons. The molecule has 0 fully saturated rings. The summed E-state index contributed by atoms with van der Waals surface area (Å²) in [5, 5.41) is 10.4. The highest BCUT2D eigenvalue weighted by atomic mass is 19.1. The molecule has 0 unspecified atom stereocenters. The normalized spacial score (nSPS) is 10.4. The minimum absolute atomic E-state index is 0.170. The predicted molar refractivity (Wildman–Crippen MR) is 85.0 cm³/mol. The number of halogens is 1. The first kappa shape index (κ1) is 15.7. The van der Waals surface area contributed by atoms with Crippen molar-refractivity contribution in [3.63, 3.8) is 0 Å². The van der Waals surface area contributed by atoms with E-state index in [4.69, 9.17) is 9.15 Å². The Morgan fingerprint density at radius 1 is 1.12 bits per heavy atom. The number of hydrogen-bond donors (Lipinski definition) is 1. The highest BCUT2D eigenvalue weighted by Crippen LogP contribution is 2.20. The molecule has 3 rings (SSSR count). The number of ether oxygens (including phenoxy) is 1. The second-order valence-electron chi connectivity index (χ2n) is 4.99. The fourth-order valence-electron chi connectivity index (χ4n) is 1.99. The lowest BCUT2D eigenvalue weighted by molar-refractivity contribution is -0.118. The minimum atomic E-state index is -0.358. The number of aromatic nitrogens is 2. The van der Waals surface area contributed by atoms with Crippen LogP contribution in [0, 0.1) is 12.7 Å². The summed E-state index contributed by atoms with van der Waals surface area (Å²) in [5.74, 6) is 0.656. The number of nitrogens with zero attached hydrogens (tertiary/aromatic N) is 2. The molecule has 1 amide bonds. The second kappa shape index (κ2) is 6.91. The third-order valence-electron chi connectivity index (χ3n) is 3.13. The summed E-state index contributed by atoms with van der Waals surface area (Å²) < 4.78 is 23.4. The van der Waals surface area contributed by atoms with Crippen molar-refractivity contribution in [2.75, 3.05) is 11.9 Å². The molecule has 0 saturated carbocycles. The summed E-state index contributed by atoms with van der Waals surface area (Å²) in [7, 11) is 0. The number of benzene rings is 2. The average molecular weight is 327 g/mol. The molecule has 1 N–H and O–H groups in total. The van der Waals surface area contributed by atoms with Crippen molar-refractivity contribution in [3.8, 4) is 17.2 Å². The van der Waals surface area contributed by atoms with Crippen LogP contribution in [0.3, 0.4) is 0 Å². The number of rotatable bonds is 5. The Labute approximate surface area is 137 Å². The molecule has 0 atom stereocenters. The van der Waals surface area contributed by atoms with Crippen molar-refractivity contribution in [3.05, 3.63) is 60.2 Å². The zero-order valence-electron chi connectivity index (χ0n) is 12.8. The Morgan fingerprint density at radius 2 is 1.83 bits per heavy atom. The Kier molecular flexibility index (Phi) is 4.51. The molecule has 0 saturated heterocycles. The molecule has 0 spiro atoms. The van der Waals surface area contributed by atoms with Crippen LogP contribution in [0.5, 0.6) is 5.75 Å². The van der Waals surface area contributed by atoms with Crippen LogP contribution in [-0.2, 0) is 4.79 Å². The minimum Gasteiger partial charge on any atom is -0.484 e. The molecular weight excluding hydrogens is 313 g/mol. The molecule has 1 aromatic heterocycles. The van der Waals surface area contributed by atoms with Crippen LogP contribution in [0.4, 0.5) is 10.1 Å². The first-order valence-electron chi connectivity index (χ1n) is 7.19. The van der Waals surface area contributed by atoms with Gasteiger partial charge in [-0.3, -0.25) is 4.79 Å². The SMILES string of the molecule is Cc1nnc(-c2ccc(NC(=O)COc3ccc(F)cc3)cc2)o1. The molecule has 0 radical (unpaired) electrons. The Hall–Kier alpha value is -3.22. The Morgan fingerprint density at radius 3 is 2.46 bits per heavy atom.